The molecule has 1 aromatic carbocycles. The van der Waals surface area contributed by atoms with Crippen LogP contribution in [0.25, 0.3) is 10.9 Å². The van der Waals surface area contributed by atoms with E-state index in [9.17, 15) is 9.90 Å². The Morgan fingerprint density at radius 2 is 2.35 bits per heavy atom. The first-order valence-corrected chi connectivity index (χ1v) is 6.84. The zero-order valence-corrected chi connectivity index (χ0v) is 12.0. The van der Waals surface area contributed by atoms with Gasteiger partial charge in [0, 0.05) is 42.5 Å². The number of aromatic amines is 1. The van der Waals surface area contributed by atoms with Crippen LogP contribution in [-0.4, -0.2) is 42.6 Å². The van der Waals surface area contributed by atoms with Gasteiger partial charge in [0.15, 0.2) is 0 Å². The second kappa shape index (κ2) is 4.59. The zero-order chi connectivity index (χ0) is 14.4. The molecule has 0 aliphatic carbocycles. The van der Waals surface area contributed by atoms with E-state index in [1.807, 2.05) is 7.05 Å². The van der Waals surface area contributed by atoms with Crippen LogP contribution < -0.4 is 4.90 Å². The molecule has 2 N–H and O–H groups in total. The number of anilines is 1. The number of ether oxygens (including phenoxy) is 1. The standard InChI is InChI=1S/C14H15ClN2O3/c1-17-6-7(5-15)12-8-3-9(14(19)20-2)16-13(8)11(18)4-10(12)17/h3-4,7,16,18H,5-6H2,1-2H3/t7-/m1/s1. The summed E-state index contributed by atoms with van der Waals surface area (Å²) < 4.78 is 4.71. The molecule has 2 aromatic rings. The number of benzene rings is 1. The van der Waals surface area contributed by atoms with E-state index in [1.165, 1.54) is 7.11 Å². The number of alkyl halides is 1. The summed E-state index contributed by atoms with van der Waals surface area (Å²) in [6.07, 6.45) is 0. The quantitative estimate of drug-likeness (QED) is 0.659. The molecule has 5 nitrogen and oxygen atoms in total. The Hall–Kier alpha value is -1.88. The molecule has 1 aliphatic heterocycles. The van der Waals surface area contributed by atoms with Gasteiger partial charge in [-0.05, 0) is 11.6 Å². The number of nitrogens with zero attached hydrogens (tertiary/aromatic N) is 1. The van der Waals surface area contributed by atoms with E-state index in [0.29, 0.717) is 17.1 Å². The number of carbonyl (C=O) groups excluding carboxylic acids is 1. The molecule has 1 aromatic heterocycles. The second-order valence-electron chi connectivity index (χ2n) is 5.02. The number of aromatic hydroxyl groups is 1. The van der Waals surface area contributed by atoms with Crippen molar-refractivity contribution in [3.05, 3.63) is 23.4 Å². The van der Waals surface area contributed by atoms with Crippen molar-refractivity contribution in [2.24, 2.45) is 0 Å². The fourth-order valence-electron chi connectivity index (χ4n) is 2.90. The number of phenolic OH excluding ortho intramolecular Hbond substituents is 1. The number of methoxy groups -OCH3 is 1. The molecule has 0 saturated heterocycles. The van der Waals surface area contributed by atoms with Crippen molar-refractivity contribution in [1.29, 1.82) is 0 Å². The van der Waals surface area contributed by atoms with Gasteiger partial charge in [-0.1, -0.05) is 0 Å². The highest BCUT2D eigenvalue weighted by atomic mass is 35.5. The number of rotatable bonds is 2. The predicted molar refractivity (Wildman–Crippen MR) is 78.0 cm³/mol. The fraction of sp³-hybridized carbons (Fsp3) is 0.357. The second-order valence-corrected chi connectivity index (χ2v) is 5.33. The number of H-pyrrole nitrogens is 1. The maximum absolute atomic E-state index is 11.6. The fourth-order valence-corrected chi connectivity index (χ4v) is 3.15. The van der Waals surface area contributed by atoms with Crippen LogP contribution in [0.3, 0.4) is 0 Å². The van der Waals surface area contributed by atoms with Gasteiger partial charge in [-0.25, -0.2) is 4.79 Å². The molecule has 1 aliphatic rings. The van der Waals surface area contributed by atoms with Crippen molar-refractivity contribution >= 4 is 34.2 Å². The molecule has 1 atom stereocenters. The number of hydrogen-bond donors (Lipinski definition) is 2. The largest absolute Gasteiger partial charge is 0.506 e. The third-order valence-electron chi connectivity index (χ3n) is 3.82. The highest BCUT2D eigenvalue weighted by molar-refractivity contribution is 6.18. The minimum atomic E-state index is -0.455. The number of hydrogen-bond acceptors (Lipinski definition) is 4. The smallest absolute Gasteiger partial charge is 0.354 e. The predicted octanol–water partition coefficient (Wildman–Crippen LogP) is 2.43. The lowest BCUT2D eigenvalue weighted by Gasteiger charge is -2.12. The molecule has 0 amide bonds. The summed E-state index contributed by atoms with van der Waals surface area (Å²) in [5, 5.41) is 11.0. The molecule has 0 saturated carbocycles. The number of halogens is 1. The minimum absolute atomic E-state index is 0.121. The van der Waals surface area contributed by atoms with Gasteiger partial charge < -0.3 is 19.7 Å². The molecule has 3 rings (SSSR count). The highest BCUT2D eigenvalue weighted by Gasteiger charge is 2.30. The molecular formula is C14H15ClN2O3. The van der Waals surface area contributed by atoms with E-state index in [0.717, 1.165) is 23.2 Å². The van der Waals surface area contributed by atoms with E-state index in [4.69, 9.17) is 16.3 Å². The van der Waals surface area contributed by atoms with Crippen LogP contribution in [0, 0.1) is 0 Å². The van der Waals surface area contributed by atoms with Gasteiger partial charge in [-0.15, -0.1) is 11.6 Å². The van der Waals surface area contributed by atoms with Crippen LogP contribution in [0.15, 0.2) is 12.1 Å². The van der Waals surface area contributed by atoms with E-state index >= 15 is 0 Å². The average Bonchev–Trinajstić information content (AvgIpc) is 3.00. The molecule has 2 heterocycles. The third kappa shape index (κ3) is 1.73. The van der Waals surface area contributed by atoms with Crippen LogP contribution in [0.2, 0.25) is 0 Å². The van der Waals surface area contributed by atoms with E-state index in [1.54, 1.807) is 12.1 Å². The SMILES string of the molecule is COC(=O)c1cc2c3c(cc(O)c2[nH]1)N(C)C[C@H]3CCl. The first kappa shape index (κ1) is 13.1. The normalized spacial score (nSPS) is 17.6. The van der Waals surface area contributed by atoms with Crippen LogP contribution in [0.4, 0.5) is 5.69 Å². The van der Waals surface area contributed by atoms with E-state index in [2.05, 4.69) is 9.88 Å². The van der Waals surface area contributed by atoms with Crippen LogP contribution in [0.5, 0.6) is 5.75 Å². The first-order valence-electron chi connectivity index (χ1n) is 6.30. The summed E-state index contributed by atoms with van der Waals surface area (Å²) in [4.78, 5) is 16.6. The van der Waals surface area contributed by atoms with Gasteiger partial charge in [0.25, 0.3) is 0 Å². The van der Waals surface area contributed by atoms with Crippen LogP contribution in [0.1, 0.15) is 22.0 Å². The van der Waals surface area contributed by atoms with Crippen molar-refractivity contribution < 1.29 is 14.6 Å². The number of fused-ring (bicyclic) bond motifs is 3. The maximum Gasteiger partial charge on any atom is 0.354 e. The minimum Gasteiger partial charge on any atom is -0.506 e. The summed E-state index contributed by atoms with van der Waals surface area (Å²) in [6.45, 7) is 0.802. The number of nitrogens with one attached hydrogen (secondary N) is 1. The molecule has 0 spiro atoms. The van der Waals surface area contributed by atoms with Crippen molar-refractivity contribution in [1.82, 2.24) is 4.98 Å². The molecule has 0 bridgehead atoms. The monoisotopic (exact) mass is 294 g/mol. The Morgan fingerprint density at radius 3 is 3.00 bits per heavy atom. The first-order chi connectivity index (χ1) is 9.56. The van der Waals surface area contributed by atoms with Crippen LogP contribution >= 0.6 is 11.6 Å². The third-order valence-corrected chi connectivity index (χ3v) is 4.19. The maximum atomic E-state index is 11.6. The number of esters is 1. The van der Waals surface area contributed by atoms with Gasteiger partial charge in [-0.2, -0.15) is 0 Å². The Bertz CT molecular complexity index is 695. The molecule has 20 heavy (non-hydrogen) atoms. The van der Waals surface area contributed by atoms with Gasteiger partial charge in [0.1, 0.15) is 11.4 Å². The molecule has 0 unspecified atom stereocenters. The lowest BCUT2D eigenvalue weighted by Crippen LogP contribution is -2.15. The molecule has 106 valence electrons. The highest BCUT2D eigenvalue weighted by Crippen LogP contribution is 2.44. The molecule has 0 fully saturated rings. The van der Waals surface area contributed by atoms with Crippen molar-refractivity contribution in [3.8, 4) is 5.75 Å². The van der Waals surface area contributed by atoms with Crippen molar-refractivity contribution in [2.75, 3.05) is 31.5 Å². The Morgan fingerprint density at radius 1 is 1.60 bits per heavy atom. The van der Waals surface area contributed by atoms with Crippen molar-refractivity contribution in [2.45, 2.75) is 5.92 Å². The molecule has 0 radical (unpaired) electrons. The average molecular weight is 295 g/mol. The van der Waals surface area contributed by atoms with Gasteiger partial charge >= 0.3 is 5.97 Å². The number of likely N-dealkylation sites (N-methyl/N-ethyl adjacent to an activating group) is 1. The Balaban J connectivity index is 2.29. The van der Waals surface area contributed by atoms with E-state index in [-0.39, 0.29) is 11.7 Å². The lowest BCUT2D eigenvalue weighted by molar-refractivity contribution is 0.0595. The van der Waals surface area contributed by atoms with Gasteiger partial charge in [0.05, 0.1) is 12.6 Å². The van der Waals surface area contributed by atoms with Crippen molar-refractivity contribution in [3.63, 3.8) is 0 Å². The summed E-state index contributed by atoms with van der Waals surface area (Å²) >= 11 is 6.05. The zero-order valence-electron chi connectivity index (χ0n) is 11.2. The number of phenols is 1. The van der Waals surface area contributed by atoms with Crippen LogP contribution in [-0.2, 0) is 4.74 Å². The lowest BCUT2D eigenvalue weighted by atomic mass is 9.98. The topological polar surface area (TPSA) is 65.6 Å². The summed E-state index contributed by atoms with van der Waals surface area (Å²) in [7, 11) is 3.29. The number of aromatic nitrogens is 1. The summed E-state index contributed by atoms with van der Waals surface area (Å²) in [5.74, 6) is 0.343. The Labute approximate surface area is 121 Å². The van der Waals surface area contributed by atoms with E-state index < -0.39 is 5.97 Å². The Kier molecular flexibility index (Phi) is 3.01. The van der Waals surface area contributed by atoms with Gasteiger partial charge in [0.2, 0.25) is 0 Å². The number of carbonyl (C=O) groups is 1. The van der Waals surface area contributed by atoms with Gasteiger partial charge in [-0.3, -0.25) is 0 Å². The summed E-state index contributed by atoms with van der Waals surface area (Å²) in [5.41, 5.74) is 2.90. The summed E-state index contributed by atoms with van der Waals surface area (Å²) in [6, 6.07) is 3.43. The molecule has 6 heteroatoms. The molecular weight excluding hydrogens is 280 g/mol.